The summed E-state index contributed by atoms with van der Waals surface area (Å²) in [7, 11) is 0. The number of aryl methyl sites for hydroxylation is 1. The van der Waals surface area contributed by atoms with Crippen LogP contribution in [0.25, 0.3) is 0 Å². The lowest BCUT2D eigenvalue weighted by Crippen LogP contribution is -2.27. The maximum absolute atomic E-state index is 6.15. The van der Waals surface area contributed by atoms with E-state index >= 15 is 0 Å². The van der Waals surface area contributed by atoms with Crippen molar-refractivity contribution in [3.63, 3.8) is 0 Å². The Balaban J connectivity index is 1.88. The fourth-order valence-electron chi connectivity index (χ4n) is 1.92. The van der Waals surface area contributed by atoms with Crippen molar-refractivity contribution in [2.75, 3.05) is 0 Å². The van der Waals surface area contributed by atoms with E-state index in [1.807, 2.05) is 24.3 Å². The van der Waals surface area contributed by atoms with E-state index in [1.54, 1.807) is 6.26 Å². The fourth-order valence-corrected chi connectivity index (χ4v) is 2.13. The highest BCUT2D eigenvalue weighted by Crippen LogP contribution is 2.17. The first-order valence-corrected chi connectivity index (χ1v) is 6.54. The molecule has 0 aliphatic heterocycles. The summed E-state index contributed by atoms with van der Waals surface area (Å²) < 4.78 is 5.40. The Labute approximate surface area is 113 Å². The van der Waals surface area contributed by atoms with E-state index in [0.29, 0.717) is 6.04 Å². The maximum atomic E-state index is 6.15. The van der Waals surface area contributed by atoms with Gasteiger partial charge in [0, 0.05) is 11.1 Å². The van der Waals surface area contributed by atoms with E-state index in [0.717, 1.165) is 23.7 Å². The van der Waals surface area contributed by atoms with Crippen LogP contribution in [0.4, 0.5) is 0 Å². The van der Waals surface area contributed by atoms with Crippen molar-refractivity contribution in [1.82, 2.24) is 5.32 Å². The molecule has 1 unspecified atom stereocenters. The third-order valence-corrected chi connectivity index (χ3v) is 3.43. The van der Waals surface area contributed by atoms with Gasteiger partial charge in [0.1, 0.15) is 5.76 Å². The largest absolute Gasteiger partial charge is 0.468 e. The third kappa shape index (κ3) is 3.37. The summed E-state index contributed by atoms with van der Waals surface area (Å²) in [5.74, 6) is 1.00. The van der Waals surface area contributed by atoms with Gasteiger partial charge in [-0.25, -0.2) is 0 Å². The summed E-state index contributed by atoms with van der Waals surface area (Å²) in [6, 6.07) is 10.3. The molecule has 96 valence electrons. The lowest BCUT2D eigenvalue weighted by Gasteiger charge is -2.14. The highest BCUT2D eigenvalue weighted by molar-refractivity contribution is 6.31. The molecule has 0 spiro atoms. The molecule has 18 heavy (non-hydrogen) atoms. The van der Waals surface area contributed by atoms with E-state index in [1.165, 1.54) is 11.1 Å². The maximum Gasteiger partial charge on any atom is 0.120 e. The van der Waals surface area contributed by atoms with Crippen LogP contribution in [0.3, 0.4) is 0 Å². The van der Waals surface area contributed by atoms with Gasteiger partial charge < -0.3 is 9.73 Å². The molecule has 2 nitrogen and oxygen atoms in total. The minimum Gasteiger partial charge on any atom is -0.468 e. The summed E-state index contributed by atoms with van der Waals surface area (Å²) in [6.07, 6.45) is 2.64. The normalized spacial score (nSPS) is 12.6. The minimum absolute atomic E-state index is 0.356. The lowest BCUT2D eigenvalue weighted by molar-refractivity contribution is 0.451. The van der Waals surface area contributed by atoms with Crippen LogP contribution in [-0.2, 0) is 13.0 Å². The molecular weight excluding hydrogens is 246 g/mol. The monoisotopic (exact) mass is 263 g/mol. The number of nitrogens with one attached hydrogen (secondary N) is 1. The molecule has 0 fully saturated rings. The van der Waals surface area contributed by atoms with Crippen LogP contribution in [0.15, 0.2) is 41.0 Å². The zero-order valence-corrected chi connectivity index (χ0v) is 11.5. The molecule has 2 aromatic rings. The van der Waals surface area contributed by atoms with Crippen LogP contribution in [-0.4, -0.2) is 6.04 Å². The van der Waals surface area contributed by atoms with Gasteiger partial charge in [-0.1, -0.05) is 29.8 Å². The standard InChI is InChI=1S/C15H18ClNO/c1-11-7-8-18-15(11)10-17-12(2)9-13-5-3-4-6-14(13)16/h3-8,12,17H,9-10H2,1-2H3. The first-order valence-electron chi connectivity index (χ1n) is 6.16. The van der Waals surface area contributed by atoms with E-state index in [2.05, 4.69) is 25.2 Å². The average Bonchev–Trinajstić information content (AvgIpc) is 2.75. The molecule has 0 bridgehead atoms. The van der Waals surface area contributed by atoms with Gasteiger partial charge in [-0.3, -0.25) is 0 Å². The van der Waals surface area contributed by atoms with Crippen molar-refractivity contribution >= 4 is 11.6 Å². The van der Waals surface area contributed by atoms with Crippen LogP contribution in [0.5, 0.6) is 0 Å². The van der Waals surface area contributed by atoms with Crippen molar-refractivity contribution in [2.45, 2.75) is 32.9 Å². The molecule has 1 aromatic carbocycles. The zero-order chi connectivity index (χ0) is 13.0. The zero-order valence-electron chi connectivity index (χ0n) is 10.7. The number of hydrogen-bond donors (Lipinski definition) is 1. The summed E-state index contributed by atoms with van der Waals surface area (Å²) in [5, 5.41) is 4.28. The fraction of sp³-hybridized carbons (Fsp3) is 0.333. The number of halogens is 1. The predicted octanol–water partition coefficient (Wildman–Crippen LogP) is 3.96. The van der Waals surface area contributed by atoms with Crippen molar-refractivity contribution in [1.29, 1.82) is 0 Å². The molecule has 0 saturated carbocycles. The second-order valence-electron chi connectivity index (χ2n) is 4.60. The SMILES string of the molecule is Cc1ccoc1CNC(C)Cc1ccccc1Cl. The van der Waals surface area contributed by atoms with Crippen LogP contribution < -0.4 is 5.32 Å². The molecule has 2 rings (SSSR count). The van der Waals surface area contributed by atoms with Gasteiger partial charge in [0.05, 0.1) is 12.8 Å². The van der Waals surface area contributed by atoms with Gasteiger partial charge in [-0.15, -0.1) is 0 Å². The molecule has 0 aliphatic carbocycles. The quantitative estimate of drug-likeness (QED) is 0.883. The molecule has 0 radical (unpaired) electrons. The van der Waals surface area contributed by atoms with Gasteiger partial charge in [0.15, 0.2) is 0 Å². The molecule has 0 saturated heterocycles. The Morgan fingerprint density at radius 2 is 2.06 bits per heavy atom. The van der Waals surface area contributed by atoms with Gasteiger partial charge >= 0.3 is 0 Å². The van der Waals surface area contributed by atoms with Crippen molar-refractivity contribution in [3.8, 4) is 0 Å². The van der Waals surface area contributed by atoms with E-state index < -0.39 is 0 Å². The highest BCUT2D eigenvalue weighted by atomic mass is 35.5. The molecule has 3 heteroatoms. The Hall–Kier alpha value is -1.25. The van der Waals surface area contributed by atoms with Gasteiger partial charge in [0.2, 0.25) is 0 Å². The second kappa shape index (κ2) is 6.07. The molecule has 0 aliphatic rings. The first-order chi connectivity index (χ1) is 8.66. The Kier molecular flexibility index (Phi) is 4.45. The topological polar surface area (TPSA) is 25.2 Å². The van der Waals surface area contributed by atoms with Gasteiger partial charge in [-0.05, 0) is 43.5 Å². The van der Waals surface area contributed by atoms with Crippen LogP contribution >= 0.6 is 11.6 Å². The van der Waals surface area contributed by atoms with Gasteiger partial charge in [-0.2, -0.15) is 0 Å². The lowest BCUT2D eigenvalue weighted by atomic mass is 10.1. The summed E-state index contributed by atoms with van der Waals surface area (Å²) in [5.41, 5.74) is 2.36. The van der Waals surface area contributed by atoms with Crippen LogP contribution in [0.1, 0.15) is 23.8 Å². The Morgan fingerprint density at radius 3 is 2.72 bits per heavy atom. The third-order valence-electron chi connectivity index (χ3n) is 3.06. The van der Waals surface area contributed by atoms with Crippen LogP contribution in [0, 0.1) is 6.92 Å². The van der Waals surface area contributed by atoms with E-state index in [4.69, 9.17) is 16.0 Å². The number of hydrogen-bond acceptors (Lipinski definition) is 2. The summed E-state index contributed by atoms with van der Waals surface area (Å²) in [6.45, 7) is 4.96. The van der Waals surface area contributed by atoms with E-state index in [-0.39, 0.29) is 0 Å². The molecule has 1 heterocycles. The Morgan fingerprint density at radius 1 is 1.28 bits per heavy atom. The van der Waals surface area contributed by atoms with Crippen LogP contribution in [0.2, 0.25) is 5.02 Å². The molecule has 1 aromatic heterocycles. The summed E-state index contributed by atoms with van der Waals surface area (Å²) >= 11 is 6.15. The molecular formula is C15H18ClNO. The van der Waals surface area contributed by atoms with Crippen molar-refractivity contribution < 1.29 is 4.42 Å². The van der Waals surface area contributed by atoms with Crippen molar-refractivity contribution in [3.05, 3.63) is 58.5 Å². The molecule has 1 N–H and O–H groups in total. The highest BCUT2D eigenvalue weighted by Gasteiger charge is 2.08. The number of benzene rings is 1. The first kappa shape index (κ1) is 13.2. The Bertz CT molecular complexity index is 507. The second-order valence-corrected chi connectivity index (χ2v) is 5.01. The summed E-state index contributed by atoms with van der Waals surface area (Å²) in [4.78, 5) is 0. The van der Waals surface area contributed by atoms with Crippen molar-refractivity contribution in [2.24, 2.45) is 0 Å². The number of furan rings is 1. The molecule has 0 amide bonds. The van der Waals surface area contributed by atoms with Gasteiger partial charge in [0.25, 0.3) is 0 Å². The average molecular weight is 264 g/mol. The smallest absolute Gasteiger partial charge is 0.120 e. The predicted molar refractivity (Wildman–Crippen MR) is 74.9 cm³/mol. The number of rotatable bonds is 5. The molecule has 1 atom stereocenters. The van der Waals surface area contributed by atoms with E-state index in [9.17, 15) is 0 Å². The minimum atomic E-state index is 0.356.